The van der Waals surface area contributed by atoms with E-state index in [-0.39, 0.29) is 30.2 Å². The van der Waals surface area contributed by atoms with Crippen LogP contribution in [0.25, 0.3) is 0 Å². The predicted molar refractivity (Wildman–Crippen MR) is 111 cm³/mol. The van der Waals surface area contributed by atoms with E-state index in [1.807, 2.05) is 42.4 Å². The van der Waals surface area contributed by atoms with Gasteiger partial charge in [-0.25, -0.2) is 0 Å². The lowest BCUT2D eigenvalue weighted by atomic mass is 9.73. The van der Waals surface area contributed by atoms with Crippen LogP contribution in [0.4, 0.5) is 5.69 Å². The zero-order chi connectivity index (χ0) is 22.0. The number of nitrogens with zero attached hydrogens (tertiary/aromatic N) is 3. The number of aryl methyl sites for hydroxylation is 1. The van der Waals surface area contributed by atoms with Crippen LogP contribution in [0, 0.1) is 5.92 Å². The lowest BCUT2D eigenvalue weighted by Crippen LogP contribution is -2.44. The molecule has 1 aromatic heterocycles. The van der Waals surface area contributed by atoms with Crippen LogP contribution in [0.15, 0.2) is 36.7 Å². The fraction of sp³-hybridized carbons (Fsp3) is 0.455. The smallest absolute Gasteiger partial charge is 0.290 e. The Morgan fingerprint density at radius 2 is 2.03 bits per heavy atom. The highest BCUT2D eigenvalue weighted by molar-refractivity contribution is 6.07. The standard InChI is InChI=1S/C21H24N4O3.CH2O2/c1-24-13-15(12-22-24)18-21(16-4-2-3-5-17(16)23-20(21)27)8-9-25(18)19(26)14-6-10-28-11-7-14;2-1-3/h2-5,12-14,18H,6-11H2,1H3,(H,23,27);1H,(H,2,3)/t18-,21+;/m0./s1. The largest absolute Gasteiger partial charge is 0.483 e. The Kier molecular flexibility index (Phi) is 5.77. The molecule has 2 fully saturated rings. The summed E-state index contributed by atoms with van der Waals surface area (Å²) in [5.74, 6) is 0.0684. The summed E-state index contributed by atoms with van der Waals surface area (Å²) >= 11 is 0. The number of fused-ring (bicyclic) bond motifs is 2. The van der Waals surface area contributed by atoms with Gasteiger partial charge in [0.15, 0.2) is 0 Å². The second-order valence-corrected chi connectivity index (χ2v) is 8.09. The van der Waals surface area contributed by atoms with E-state index in [2.05, 4.69) is 10.4 Å². The normalized spacial score (nSPS) is 25.0. The van der Waals surface area contributed by atoms with Gasteiger partial charge in [0.1, 0.15) is 5.41 Å². The van der Waals surface area contributed by atoms with E-state index in [0.29, 0.717) is 26.2 Å². The summed E-state index contributed by atoms with van der Waals surface area (Å²) in [4.78, 5) is 37.0. The van der Waals surface area contributed by atoms with Crippen molar-refractivity contribution in [1.82, 2.24) is 14.7 Å². The Morgan fingerprint density at radius 3 is 2.71 bits per heavy atom. The molecule has 0 bridgehead atoms. The molecule has 9 heteroatoms. The molecule has 0 radical (unpaired) electrons. The predicted octanol–water partition coefficient (Wildman–Crippen LogP) is 1.71. The van der Waals surface area contributed by atoms with Gasteiger partial charge in [0.05, 0.1) is 12.2 Å². The maximum absolute atomic E-state index is 13.5. The third kappa shape index (κ3) is 3.48. The van der Waals surface area contributed by atoms with Gasteiger partial charge in [-0.15, -0.1) is 0 Å². The molecule has 2 saturated heterocycles. The molecular weight excluding hydrogens is 400 g/mol. The molecule has 0 unspecified atom stereocenters. The summed E-state index contributed by atoms with van der Waals surface area (Å²) in [5, 5.41) is 14.3. The molecule has 3 aliphatic rings. The Bertz CT molecular complexity index is 984. The number of carbonyl (C=O) groups excluding carboxylic acids is 2. The molecule has 2 atom stereocenters. The monoisotopic (exact) mass is 426 g/mol. The topological polar surface area (TPSA) is 114 Å². The molecule has 2 N–H and O–H groups in total. The molecule has 2 amide bonds. The highest BCUT2D eigenvalue weighted by atomic mass is 16.5. The van der Waals surface area contributed by atoms with Gasteiger partial charge in [-0.1, -0.05) is 18.2 Å². The third-order valence-corrected chi connectivity index (χ3v) is 6.48. The molecule has 1 aromatic carbocycles. The summed E-state index contributed by atoms with van der Waals surface area (Å²) in [7, 11) is 1.86. The number of likely N-dealkylation sites (tertiary alicyclic amines) is 1. The number of hydrogen-bond donors (Lipinski definition) is 2. The minimum Gasteiger partial charge on any atom is -0.483 e. The van der Waals surface area contributed by atoms with Crippen LogP contribution in [-0.2, 0) is 31.6 Å². The fourth-order valence-electron chi connectivity index (χ4n) is 5.15. The Labute approximate surface area is 180 Å². The molecule has 5 rings (SSSR count). The number of ether oxygens (including phenoxy) is 1. The van der Waals surface area contributed by atoms with Gasteiger partial charge >= 0.3 is 0 Å². The SMILES string of the molecule is Cn1cc([C@@H]2N(C(=O)C3CCOCC3)CC[C@]23C(=O)Nc2ccccc23)cn1.O=CO. The summed E-state index contributed by atoms with van der Waals surface area (Å²) in [6, 6.07) is 7.49. The highest BCUT2D eigenvalue weighted by Crippen LogP contribution is 2.55. The van der Waals surface area contributed by atoms with Crippen LogP contribution in [0.5, 0.6) is 0 Å². The minimum absolute atomic E-state index is 0.0233. The van der Waals surface area contributed by atoms with Crippen LogP contribution in [0.1, 0.15) is 36.4 Å². The van der Waals surface area contributed by atoms with Crippen molar-refractivity contribution in [3.8, 4) is 0 Å². The van der Waals surface area contributed by atoms with E-state index < -0.39 is 5.41 Å². The number of amides is 2. The van der Waals surface area contributed by atoms with Crippen molar-refractivity contribution >= 4 is 24.0 Å². The van der Waals surface area contributed by atoms with Crippen molar-refractivity contribution < 1.29 is 24.2 Å². The van der Waals surface area contributed by atoms with E-state index in [4.69, 9.17) is 14.6 Å². The fourth-order valence-corrected chi connectivity index (χ4v) is 5.15. The number of aromatic nitrogens is 2. The number of benzene rings is 1. The average Bonchev–Trinajstić information content (AvgIpc) is 3.46. The van der Waals surface area contributed by atoms with Crippen molar-refractivity contribution in [2.24, 2.45) is 13.0 Å². The molecule has 9 nitrogen and oxygen atoms in total. The Morgan fingerprint density at radius 1 is 1.32 bits per heavy atom. The average molecular weight is 426 g/mol. The van der Waals surface area contributed by atoms with Crippen molar-refractivity contribution in [3.05, 3.63) is 47.8 Å². The van der Waals surface area contributed by atoms with Gasteiger partial charge in [-0.05, 0) is 30.9 Å². The van der Waals surface area contributed by atoms with E-state index in [0.717, 1.165) is 29.7 Å². The second-order valence-electron chi connectivity index (χ2n) is 8.09. The van der Waals surface area contributed by atoms with Crippen LogP contribution >= 0.6 is 0 Å². The number of carbonyl (C=O) groups is 3. The van der Waals surface area contributed by atoms with E-state index in [1.54, 1.807) is 10.9 Å². The first-order valence-corrected chi connectivity index (χ1v) is 10.4. The van der Waals surface area contributed by atoms with Crippen LogP contribution in [-0.4, -0.2) is 57.8 Å². The van der Waals surface area contributed by atoms with Gasteiger partial charge in [-0.2, -0.15) is 5.10 Å². The summed E-state index contributed by atoms with van der Waals surface area (Å²) in [5.41, 5.74) is 1.98. The van der Waals surface area contributed by atoms with Crippen molar-refractivity contribution in [1.29, 1.82) is 0 Å². The highest BCUT2D eigenvalue weighted by Gasteiger charge is 2.60. The summed E-state index contributed by atoms with van der Waals surface area (Å²) in [6.07, 6.45) is 5.81. The van der Waals surface area contributed by atoms with E-state index in [1.165, 1.54) is 0 Å². The number of carboxylic acid groups (broad SMARTS) is 1. The molecule has 164 valence electrons. The van der Waals surface area contributed by atoms with Gasteiger partial charge in [0.2, 0.25) is 11.8 Å². The second kappa shape index (κ2) is 8.50. The van der Waals surface area contributed by atoms with Crippen molar-refractivity contribution in [2.75, 3.05) is 25.1 Å². The molecule has 31 heavy (non-hydrogen) atoms. The van der Waals surface area contributed by atoms with Crippen LogP contribution < -0.4 is 5.32 Å². The minimum atomic E-state index is -0.763. The first-order valence-electron chi connectivity index (χ1n) is 10.4. The van der Waals surface area contributed by atoms with Gasteiger partial charge in [-0.3, -0.25) is 19.1 Å². The maximum Gasteiger partial charge on any atom is 0.290 e. The lowest BCUT2D eigenvalue weighted by Gasteiger charge is -2.35. The molecule has 0 saturated carbocycles. The number of rotatable bonds is 2. The number of hydrogen-bond acceptors (Lipinski definition) is 5. The Balaban J connectivity index is 0.000000730. The van der Waals surface area contributed by atoms with Gasteiger partial charge < -0.3 is 20.1 Å². The molecule has 0 aliphatic carbocycles. The summed E-state index contributed by atoms with van der Waals surface area (Å²) in [6.45, 7) is 1.56. The van der Waals surface area contributed by atoms with Crippen molar-refractivity contribution in [3.63, 3.8) is 0 Å². The first kappa shape index (κ1) is 21.0. The molecule has 4 heterocycles. The Hall–Kier alpha value is -3.20. The molecule has 2 aromatic rings. The van der Waals surface area contributed by atoms with Gasteiger partial charge in [0.25, 0.3) is 6.47 Å². The number of nitrogens with one attached hydrogen (secondary N) is 1. The third-order valence-electron chi connectivity index (χ3n) is 6.48. The van der Waals surface area contributed by atoms with Crippen LogP contribution in [0.2, 0.25) is 0 Å². The van der Waals surface area contributed by atoms with Crippen molar-refractivity contribution in [2.45, 2.75) is 30.7 Å². The van der Waals surface area contributed by atoms with Crippen LogP contribution in [0.3, 0.4) is 0 Å². The molecule has 1 spiro atoms. The van der Waals surface area contributed by atoms with E-state index >= 15 is 0 Å². The maximum atomic E-state index is 13.5. The lowest BCUT2D eigenvalue weighted by molar-refractivity contribution is -0.140. The zero-order valence-electron chi connectivity index (χ0n) is 17.4. The number of anilines is 1. The molecular formula is C22H26N4O5. The zero-order valence-corrected chi connectivity index (χ0v) is 17.4. The quantitative estimate of drug-likeness (QED) is 0.707. The van der Waals surface area contributed by atoms with E-state index in [9.17, 15) is 9.59 Å². The van der Waals surface area contributed by atoms with Gasteiger partial charge in [0, 0.05) is 50.2 Å². The first-order chi connectivity index (χ1) is 15.0. The molecule has 3 aliphatic heterocycles. The summed E-state index contributed by atoms with van der Waals surface area (Å²) < 4.78 is 7.17. The number of para-hydroxylation sites is 1.